The average Bonchev–Trinajstić information content (AvgIpc) is 3.38. The number of hydrogen-bond donors (Lipinski definition) is 2. The molecule has 1 amide bonds. The molecule has 2 aromatic heterocycles. The second-order valence-corrected chi connectivity index (χ2v) is 12.1. The smallest absolute Gasteiger partial charge is 0.384 e. The monoisotopic (exact) mass is 603 g/mol. The van der Waals surface area contributed by atoms with Gasteiger partial charge in [-0.2, -0.15) is 13.2 Å². The highest BCUT2D eigenvalue weighted by atomic mass is 32.1. The first-order chi connectivity index (χ1) is 20.0. The molecule has 3 aromatic rings. The van der Waals surface area contributed by atoms with Gasteiger partial charge in [0.1, 0.15) is 5.70 Å². The number of benzene rings is 1. The normalized spacial score (nSPS) is 18.0. The van der Waals surface area contributed by atoms with Crippen LogP contribution in [0.1, 0.15) is 24.3 Å². The average molecular weight is 604 g/mol. The molecule has 3 N–H and O–H groups in total. The lowest BCUT2D eigenvalue weighted by molar-refractivity contribution is -0.129. The molecule has 42 heavy (non-hydrogen) atoms. The number of ether oxygens (including phenoxy) is 1. The summed E-state index contributed by atoms with van der Waals surface area (Å²) in [6, 6.07) is 8.92. The van der Waals surface area contributed by atoms with Gasteiger partial charge in [-0.25, -0.2) is 9.97 Å². The zero-order valence-corrected chi connectivity index (χ0v) is 24.8. The molecular formula is C29H36F3N7O2S. The zero-order chi connectivity index (χ0) is 30.1. The maximum absolute atomic E-state index is 13.6. The fourth-order valence-corrected chi connectivity index (χ4v) is 6.43. The van der Waals surface area contributed by atoms with E-state index < -0.39 is 17.4 Å². The number of anilines is 1. The molecule has 5 rings (SSSR count). The summed E-state index contributed by atoms with van der Waals surface area (Å²) in [5.74, 6) is 0.814. The summed E-state index contributed by atoms with van der Waals surface area (Å²) in [5.41, 5.74) is 5.74. The maximum atomic E-state index is 13.6. The Balaban J connectivity index is 1.48. The number of piperazine rings is 1. The van der Waals surface area contributed by atoms with E-state index in [1.54, 1.807) is 35.6 Å². The highest BCUT2D eigenvalue weighted by molar-refractivity contribution is 7.19. The predicted molar refractivity (Wildman–Crippen MR) is 159 cm³/mol. The van der Waals surface area contributed by atoms with E-state index in [2.05, 4.69) is 26.1 Å². The number of nitrogens with one attached hydrogen (secondary N) is 1. The van der Waals surface area contributed by atoms with Gasteiger partial charge in [-0.1, -0.05) is 24.3 Å². The summed E-state index contributed by atoms with van der Waals surface area (Å²) in [7, 11) is 1.26. The molecule has 2 aliphatic rings. The largest absolute Gasteiger partial charge is 0.430 e. The van der Waals surface area contributed by atoms with E-state index in [0.717, 1.165) is 59.7 Å². The number of halogens is 3. The molecule has 0 atom stereocenters. The first-order valence-corrected chi connectivity index (χ1v) is 14.8. The Morgan fingerprint density at radius 1 is 1.10 bits per heavy atom. The lowest BCUT2D eigenvalue weighted by atomic mass is 10.0. The number of carbonyl (C=O) groups excluding carboxylic acids is 1. The molecule has 0 aliphatic carbocycles. The molecule has 4 heterocycles. The lowest BCUT2D eigenvalue weighted by Crippen LogP contribution is -2.59. The number of thiophene rings is 1. The number of carbonyl (C=O) groups is 1. The van der Waals surface area contributed by atoms with Gasteiger partial charge < -0.3 is 20.7 Å². The van der Waals surface area contributed by atoms with Crippen LogP contribution in [-0.4, -0.2) is 96.9 Å². The number of allylic oxidation sites excluding steroid dienone is 1. The number of nitrogens with two attached hydrogens (primary N) is 1. The van der Waals surface area contributed by atoms with Crippen molar-refractivity contribution in [2.75, 3.05) is 64.4 Å². The predicted octanol–water partition coefficient (Wildman–Crippen LogP) is 3.70. The van der Waals surface area contributed by atoms with E-state index in [1.807, 2.05) is 13.8 Å². The maximum Gasteiger partial charge on any atom is 0.430 e. The Hall–Kier alpha value is -3.26. The summed E-state index contributed by atoms with van der Waals surface area (Å²) in [6.45, 7) is 9.97. The van der Waals surface area contributed by atoms with Crippen molar-refractivity contribution in [1.82, 2.24) is 25.1 Å². The third-order valence-electron chi connectivity index (χ3n) is 7.94. The van der Waals surface area contributed by atoms with Crippen molar-refractivity contribution in [3.8, 4) is 11.4 Å². The summed E-state index contributed by atoms with van der Waals surface area (Å²) in [4.78, 5) is 29.5. The number of fused-ring (bicyclic) bond motifs is 1. The standard InChI is InChI=1S/C29H36F3N7O2S/c1-28(2,27(33)40)39-10-8-37(9-11-39)18-20-17-22-24(42-20)26(38-12-14-41-15-13-38)36-25(35-22)21-7-5-4-6-19(21)16-23(34-3)29(30,31)32/h4-7,16-17,34H,8-15,18H2,1-3H3,(H2,33,40)/b23-16-. The molecule has 0 radical (unpaired) electrons. The number of alkyl halides is 3. The van der Waals surface area contributed by atoms with Crippen LogP contribution in [0.25, 0.3) is 27.7 Å². The topological polar surface area (TPSA) is 99.9 Å². The van der Waals surface area contributed by atoms with E-state index in [1.165, 1.54) is 7.05 Å². The molecule has 13 heteroatoms. The third kappa shape index (κ3) is 6.38. The Labute approximate surface area is 247 Å². The van der Waals surface area contributed by atoms with Gasteiger partial charge in [-0.3, -0.25) is 14.6 Å². The van der Waals surface area contributed by atoms with Gasteiger partial charge in [0.15, 0.2) is 11.6 Å². The van der Waals surface area contributed by atoms with Gasteiger partial charge in [-0.05, 0) is 31.6 Å². The number of amides is 1. The molecule has 0 unspecified atom stereocenters. The minimum absolute atomic E-state index is 0.330. The van der Waals surface area contributed by atoms with Crippen LogP contribution in [-0.2, 0) is 16.1 Å². The molecule has 1 aromatic carbocycles. The van der Waals surface area contributed by atoms with E-state index >= 15 is 0 Å². The Kier molecular flexibility index (Phi) is 8.74. The molecule has 226 valence electrons. The first-order valence-electron chi connectivity index (χ1n) is 13.9. The van der Waals surface area contributed by atoms with Crippen molar-refractivity contribution in [3.63, 3.8) is 0 Å². The minimum Gasteiger partial charge on any atom is -0.384 e. The summed E-state index contributed by atoms with van der Waals surface area (Å²) in [6.07, 6.45) is -3.43. The van der Waals surface area contributed by atoms with E-state index in [9.17, 15) is 18.0 Å². The molecular weight excluding hydrogens is 567 g/mol. The molecule has 0 saturated carbocycles. The van der Waals surface area contributed by atoms with E-state index in [0.29, 0.717) is 43.3 Å². The SMILES string of the molecule is CN/C(=C\c1ccccc1-c1nc(N2CCOCC2)c2sc(CN3CCN(C(C)(C)C(N)=O)CC3)cc2n1)C(F)(F)F. The van der Waals surface area contributed by atoms with Gasteiger partial charge in [0.25, 0.3) is 0 Å². The van der Waals surface area contributed by atoms with Crippen molar-refractivity contribution < 1.29 is 22.7 Å². The van der Waals surface area contributed by atoms with Crippen LogP contribution in [0.5, 0.6) is 0 Å². The molecule has 2 saturated heterocycles. The van der Waals surface area contributed by atoms with Gasteiger partial charge in [-0.15, -0.1) is 11.3 Å². The van der Waals surface area contributed by atoms with Crippen molar-refractivity contribution in [2.45, 2.75) is 32.1 Å². The van der Waals surface area contributed by atoms with E-state index in [-0.39, 0.29) is 5.91 Å². The van der Waals surface area contributed by atoms with Crippen molar-refractivity contribution >= 4 is 39.4 Å². The molecule has 2 aliphatic heterocycles. The zero-order valence-electron chi connectivity index (χ0n) is 24.0. The number of morpholine rings is 1. The van der Waals surface area contributed by atoms with Crippen LogP contribution in [0.2, 0.25) is 0 Å². The third-order valence-corrected chi connectivity index (χ3v) is 9.04. The Morgan fingerprint density at radius 2 is 1.79 bits per heavy atom. The van der Waals surface area contributed by atoms with E-state index in [4.69, 9.17) is 20.4 Å². The van der Waals surface area contributed by atoms with Crippen LogP contribution in [0.4, 0.5) is 19.0 Å². The number of aromatic nitrogens is 2. The van der Waals surface area contributed by atoms with Crippen molar-refractivity contribution in [2.24, 2.45) is 5.73 Å². The van der Waals surface area contributed by atoms with Gasteiger partial charge in [0.2, 0.25) is 5.91 Å². The van der Waals surface area contributed by atoms with Crippen molar-refractivity contribution in [1.29, 1.82) is 0 Å². The molecule has 0 spiro atoms. The lowest BCUT2D eigenvalue weighted by Gasteiger charge is -2.42. The minimum atomic E-state index is -4.52. The van der Waals surface area contributed by atoms with Gasteiger partial charge in [0, 0.05) is 63.3 Å². The van der Waals surface area contributed by atoms with Crippen LogP contribution in [0, 0.1) is 0 Å². The number of primary amides is 1. The fraction of sp³-hybridized carbons (Fsp3) is 0.483. The Bertz CT molecular complexity index is 1460. The summed E-state index contributed by atoms with van der Waals surface area (Å²) >= 11 is 1.64. The second-order valence-electron chi connectivity index (χ2n) is 11.0. The van der Waals surface area contributed by atoms with Crippen LogP contribution in [0.3, 0.4) is 0 Å². The molecule has 2 fully saturated rings. The second kappa shape index (κ2) is 12.2. The van der Waals surface area contributed by atoms with Crippen LogP contribution >= 0.6 is 11.3 Å². The summed E-state index contributed by atoms with van der Waals surface area (Å²) in [5, 5.41) is 2.26. The van der Waals surface area contributed by atoms with Gasteiger partial charge in [0.05, 0.1) is 29.0 Å². The number of rotatable bonds is 8. The molecule has 9 nitrogen and oxygen atoms in total. The number of nitrogens with zero attached hydrogens (tertiary/aromatic N) is 5. The quantitative estimate of drug-likeness (QED) is 0.402. The first kappa shape index (κ1) is 30.2. The molecule has 0 bridgehead atoms. The van der Waals surface area contributed by atoms with Crippen molar-refractivity contribution in [3.05, 3.63) is 46.5 Å². The van der Waals surface area contributed by atoms with Crippen LogP contribution in [0.15, 0.2) is 36.0 Å². The Morgan fingerprint density at radius 3 is 2.43 bits per heavy atom. The van der Waals surface area contributed by atoms with Gasteiger partial charge >= 0.3 is 6.18 Å². The summed E-state index contributed by atoms with van der Waals surface area (Å²) < 4.78 is 47.2. The highest BCUT2D eigenvalue weighted by Crippen LogP contribution is 2.36. The van der Waals surface area contributed by atoms with Crippen LogP contribution < -0.4 is 16.0 Å². The fourth-order valence-electron chi connectivity index (χ4n) is 5.27. The highest BCUT2D eigenvalue weighted by Gasteiger charge is 2.35. The number of hydrogen-bond acceptors (Lipinski definition) is 9.